The van der Waals surface area contributed by atoms with E-state index in [4.69, 9.17) is 5.26 Å². The van der Waals surface area contributed by atoms with Crippen molar-refractivity contribution in [2.45, 2.75) is 0 Å². The summed E-state index contributed by atoms with van der Waals surface area (Å²) in [4.78, 5) is 10.1. The van der Waals surface area contributed by atoms with Gasteiger partial charge in [0, 0.05) is 0 Å². The second-order valence-electron chi connectivity index (χ2n) is 1.11. The minimum absolute atomic E-state index is 0.563. The average Bonchev–Trinajstić information content (AvgIpc) is 2.14. The Labute approximate surface area is 43.7 Å². The van der Waals surface area contributed by atoms with Gasteiger partial charge in [0.2, 0.25) is 6.20 Å². The fourth-order valence-corrected chi connectivity index (χ4v) is 0.302. The molecule has 0 unspecified atom stereocenters. The van der Waals surface area contributed by atoms with Crippen LogP contribution in [0.2, 0.25) is 0 Å². The van der Waals surface area contributed by atoms with Crippen LogP contribution in [0.25, 0.3) is 0 Å². The van der Waals surface area contributed by atoms with E-state index in [0.29, 0.717) is 0 Å². The van der Waals surface area contributed by atoms with Gasteiger partial charge in [0.25, 0.3) is 0 Å². The summed E-state index contributed by atoms with van der Waals surface area (Å²) < 4.78 is 4.98. The van der Waals surface area contributed by atoms with Crippen molar-refractivity contribution in [3.63, 3.8) is 0 Å². The number of aromatic amines is 1. The van der Waals surface area contributed by atoms with Crippen LogP contribution in [-0.2, 0) is 0 Å². The number of nitrogens with zero attached hydrogens (tertiary/aromatic N) is 2. The number of rotatable bonds is 0. The lowest BCUT2D eigenvalue weighted by Gasteiger charge is -1.59. The summed E-state index contributed by atoms with van der Waals surface area (Å²) in [6.45, 7) is 0. The molecule has 8 heavy (non-hydrogen) atoms. The molecule has 5 nitrogen and oxygen atoms in total. The van der Waals surface area contributed by atoms with Crippen LogP contribution >= 0.6 is 0 Å². The Morgan fingerprint density at radius 3 is 3.00 bits per heavy atom. The Kier molecular flexibility index (Phi) is 0.860. The van der Waals surface area contributed by atoms with E-state index in [9.17, 15) is 4.79 Å². The molecule has 0 atom stereocenters. The zero-order valence-electron chi connectivity index (χ0n) is 3.79. The monoisotopic (exact) mass is 112 g/mol. The van der Waals surface area contributed by atoms with Crippen molar-refractivity contribution in [2.24, 2.45) is 0 Å². The molecular formula is C3H2N3O2+. The van der Waals surface area contributed by atoms with Crippen LogP contribution in [0, 0.1) is 11.5 Å². The van der Waals surface area contributed by atoms with Gasteiger partial charge in [-0.25, -0.2) is 4.79 Å². The minimum atomic E-state index is -0.563. The molecular weight excluding hydrogens is 110 g/mol. The van der Waals surface area contributed by atoms with Gasteiger partial charge in [0.15, 0.2) is 5.26 Å². The molecule has 40 valence electrons. The molecule has 0 amide bonds. The summed E-state index contributed by atoms with van der Waals surface area (Å²) in [5.41, 5.74) is -0.563. The van der Waals surface area contributed by atoms with Crippen LogP contribution in [-0.4, -0.2) is 5.27 Å². The summed E-state index contributed by atoms with van der Waals surface area (Å²) in [6.07, 6.45) is 2.62. The van der Waals surface area contributed by atoms with Crippen LogP contribution in [0.15, 0.2) is 15.5 Å². The Bertz CT molecular complexity index is 265. The molecule has 0 aliphatic heterocycles. The highest BCUT2D eigenvalue weighted by molar-refractivity contribution is 4.52. The Morgan fingerprint density at radius 2 is 2.75 bits per heavy atom. The predicted octanol–water partition coefficient (Wildman–Crippen LogP) is -1.42. The molecule has 0 radical (unpaired) electrons. The van der Waals surface area contributed by atoms with E-state index in [1.807, 2.05) is 5.27 Å². The van der Waals surface area contributed by atoms with Crippen LogP contribution in [0.4, 0.5) is 0 Å². The van der Waals surface area contributed by atoms with E-state index >= 15 is 0 Å². The van der Waals surface area contributed by atoms with E-state index in [2.05, 4.69) is 4.52 Å². The number of hydrogen-bond acceptors (Lipinski definition) is 3. The second-order valence-corrected chi connectivity index (χ2v) is 1.11. The Balaban J connectivity index is 3.25. The van der Waals surface area contributed by atoms with E-state index in [0.717, 1.165) is 10.9 Å². The third-order valence-electron chi connectivity index (χ3n) is 0.587. The molecule has 0 aliphatic rings. The number of nitriles is 1. The first-order chi connectivity index (χ1) is 3.83. The van der Waals surface area contributed by atoms with Crippen molar-refractivity contribution in [1.82, 2.24) is 5.27 Å². The smallest absolute Gasteiger partial charge is 0.301 e. The maximum Gasteiger partial charge on any atom is 0.487 e. The fourth-order valence-electron chi connectivity index (χ4n) is 0.302. The molecule has 0 saturated carbocycles. The number of nitrogens with one attached hydrogen (secondary N) is 1. The van der Waals surface area contributed by atoms with Gasteiger partial charge < -0.3 is 4.52 Å². The molecule has 0 fully saturated rings. The van der Waals surface area contributed by atoms with E-state index in [1.165, 1.54) is 0 Å². The van der Waals surface area contributed by atoms with E-state index in [1.54, 1.807) is 6.19 Å². The van der Waals surface area contributed by atoms with Crippen LogP contribution in [0.1, 0.15) is 0 Å². The number of H-pyrrole nitrogens is 1. The molecule has 0 saturated heterocycles. The molecule has 0 bridgehead atoms. The first-order valence-corrected chi connectivity index (χ1v) is 1.83. The van der Waals surface area contributed by atoms with Gasteiger partial charge in [0.1, 0.15) is 0 Å². The lowest BCUT2D eigenvalue weighted by atomic mass is 10.9. The second kappa shape index (κ2) is 1.50. The van der Waals surface area contributed by atoms with Crippen LogP contribution in [0.5, 0.6) is 0 Å². The largest absolute Gasteiger partial charge is 0.487 e. The van der Waals surface area contributed by atoms with Crippen molar-refractivity contribution in [1.29, 1.82) is 5.26 Å². The minimum Gasteiger partial charge on any atom is -0.301 e. The first-order valence-electron chi connectivity index (χ1n) is 1.83. The highest BCUT2D eigenvalue weighted by atomic mass is 16.5. The summed E-state index contributed by atoms with van der Waals surface area (Å²) >= 11 is 0. The average molecular weight is 112 g/mol. The summed E-state index contributed by atoms with van der Waals surface area (Å²) in [5.74, 6) is 0. The van der Waals surface area contributed by atoms with Crippen LogP contribution in [0.3, 0.4) is 0 Å². The van der Waals surface area contributed by atoms with Crippen molar-refractivity contribution in [3.8, 4) is 6.19 Å². The molecule has 1 N–H and O–H groups in total. The zero-order chi connectivity index (χ0) is 5.98. The van der Waals surface area contributed by atoms with E-state index < -0.39 is 5.63 Å². The Morgan fingerprint density at radius 1 is 2.00 bits per heavy atom. The molecule has 1 aromatic heterocycles. The van der Waals surface area contributed by atoms with Gasteiger partial charge in [-0.1, -0.05) is 5.27 Å². The highest BCUT2D eigenvalue weighted by Crippen LogP contribution is 1.51. The fraction of sp³-hybridized carbons (Fsp3) is 0. The summed E-state index contributed by atoms with van der Waals surface area (Å²) in [5, 5.41) is 10.1. The number of hydrogen-bond donors (Lipinski definition) is 1. The molecule has 0 spiro atoms. The predicted molar refractivity (Wildman–Crippen MR) is 20.5 cm³/mol. The summed E-state index contributed by atoms with van der Waals surface area (Å²) in [7, 11) is 0. The lowest BCUT2D eigenvalue weighted by molar-refractivity contribution is -0.662. The molecule has 1 aromatic rings. The van der Waals surface area contributed by atoms with Crippen LogP contribution < -0.4 is 10.3 Å². The normalized spacial score (nSPS) is 8.38. The quantitative estimate of drug-likeness (QED) is 0.419. The van der Waals surface area contributed by atoms with Gasteiger partial charge in [-0.15, -0.1) is 0 Å². The lowest BCUT2D eigenvalue weighted by Crippen LogP contribution is -2.28. The topological polar surface area (TPSA) is 73.7 Å². The first kappa shape index (κ1) is 4.59. The van der Waals surface area contributed by atoms with Crippen molar-refractivity contribution >= 4 is 0 Å². The third-order valence-corrected chi connectivity index (χ3v) is 0.587. The maximum atomic E-state index is 10.1. The number of aromatic nitrogens is 2. The van der Waals surface area contributed by atoms with Crippen molar-refractivity contribution in [3.05, 3.63) is 16.6 Å². The highest BCUT2D eigenvalue weighted by Gasteiger charge is 1.96. The van der Waals surface area contributed by atoms with Gasteiger partial charge in [-0.2, -0.15) is 0 Å². The van der Waals surface area contributed by atoms with Gasteiger partial charge in [0.05, 0.1) is 0 Å². The third kappa shape index (κ3) is 0.586. The standard InChI is InChI=1S/C3HN3O2/c4-2-6-1-3(7)8-5-6/h1H/p+1. The Hall–Kier alpha value is -1.57. The molecule has 1 rings (SSSR count). The molecule has 0 aliphatic carbocycles. The summed E-state index contributed by atoms with van der Waals surface area (Å²) in [6, 6.07) is 0. The molecule has 1 heterocycles. The van der Waals surface area contributed by atoms with Crippen molar-refractivity contribution in [2.75, 3.05) is 0 Å². The molecule has 0 aromatic carbocycles. The van der Waals surface area contributed by atoms with Gasteiger partial charge in [-0.3, -0.25) is 0 Å². The maximum absolute atomic E-state index is 10.1. The van der Waals surface area contributed by atoms with Gasteiger partial charge in [-0.05, 0) is 4.68 Å². The molecule has 5 heteroatoms. The van der Waals surface area contributed by atoms with E-state index in [-0.39, 0.29) is 0 Å². The SMILES string of the molecule is N#C[n+]1cc(=O)o[nH]1. The van der Waals surface area contributed by atoms with Gasteiger partial charge >= 0.3 is 11.8 Å². The zero-order valence-corrected chi connectivity index (χ0v) is 3.79. The van der Waals surface area contributed by atoms with Crippen molar-refractivity contribution < 1.29 is 9.20 Å².